The van der Waals surface area contributed by atoms with E-state index in [0.29, 0.717) is 6.04 Å². The van der Waals surface area contributed by atoms with Gasteiger partial charge in [0.2, 0.25) is 0 Å². The fourth-order valence-corrected chi connectivity index (χ4v) is 4.22. The number of likely N-dealkylation sites (tertiary alicyclic amines) is 1. The highest BCUT2D eigenvalue weighted by Gasteiger charge is 2.20. The van der Waals surface area contributed by atoms with Crippen LogP contribution in [0, 0.1) is 5.38 Å². The molecule has 0 spiro atoms. The first kappa shape index (κ1) is 15.3. The molecule has 117 valence electrons. The normalized spacial score (nSPS) is 22.1. The third kappa shape index (κ3) is 3.99. The van der Waals surface area contributed by atoms with Gasteiger partial charge in [-0.25, -0.2) is 0 Å². The summed E-state index contributed by atoms with van der Waals surface area (Å²) in [6, 6.07) is 3.05. The predicted molar refractivity (Wildman–Crippen MR) is 91.2 cm³/mol. The first-order valence-electron chi connectivity index (χ1n) is 8.44. The standard InChI is InChI=1S/C17H28N3S/c1-15(2)19-8-10-20(11-9-19)16-12-17(21-14-16)13-18-6-4-3-5-7-18/h12,15H,3-11,13H2,1-2H3. The van der Waals surface area contributed by atoms with Crippen molar-refractivity contribution >= 4 is 17.0 Å². The second-order valence-electron chi connectivity index (χ2n) is 6.65. The lowest BCUT2D eigenvalue weighted by Gasteiger charge is -2.37. The van der Waals surface area contributed by atoms with Crippen molar-refractivity contribution in [2.75, 3.05) is 44.2 Å². The molecule has 4 heteroatoms. The highest BCUT2D eigenvalue weighted by Crippen LogP contribution is 2.25. The Balaban J connectivity index is 1.53. The lowest BCUT2D eigenvalue weighted by atomic mass is 10.1. The van der Waals surface area contributed by atoms with Gasteiger partial charge in [-0.2, -0.15) is 0 Å². The summed E-state index contributed by atoms with van der Waals surface area (Å²) in [4.78, 5) is 9.16. The van der Waals surface area contributed by atoms with E-state index in [4.69, 9.17) is 0 Å². The van der Waals surface area contributed by atoms with Crippen LogP contribution in [0.3, 0.4) is 0 Å². The Labute approximate surface area is 133 Å². The highest BCUT2D eigenvalue weighted by atomic mass is 32.1. The third-order valence-corrected chi connectivity index (χ3v) is 5.62. The van der Waals surface area contributed by atoms with Gasteiger partial charge in [0.1, 0.15) is 0 Å². The van der Waals surface area contributed by atoms with Gasteiger partial charge >= 0.3 is 0 Å². The highest BCUT2D eigenvalue weighted by molar-refractivity contribution is 7.09. The van der Waals surface area contributed by atoms with E-state index in [1.165, 1.54) is 56.0 Å². The number of thiophene rings is 1. The molecule has 2 aliphatic heterocycles. The Bertz CT molecular complexity index is 429. The average Bonchev–Trinajstić information content (AvgIpc) is 2.97. The van der Waals surface area contributed by atoms with Crippen LogP contribution in [0.25, 0.3) is 0 Å². The number of anilines is 1. The summed E-state index contributed by atoms with van der Waals surface area (Å²) >= 11 is 1.82. The van der Waals surface area contributed by atoms with Crippen LogP contribution < -0.4 is 4.90 Å². The third-order valence-electron chi connectivity index (χ3n) is 4.80. The Morgan fingerprint density at radius 3 is 2.43 bits per heavy atom. The molecule has 1 aromatic rings. The zero-order valence-corrected chi connectivity index (χ0v) is 14.3. The minimum absolute atomic E-state index is 0.674. The van der Waals surface area contributed by atoms with Crippen LogP contribution in [-0.4, -0.2) is 55.1 Å². The molecule has 1 aromatic heterocycles. The van der Waals surface area contributed by atoms with Gasteiger partial charge in [-0.1, -0.05) is 6.42 Å². The molecule has 3 heterocycles. The maximum absolute atomic E-state index is 3.53. The van der Waals surface area contributed by atoms with Crippen LogP contribution in [-0.2, 0) is 6.54 Å². The molecule has 0 atom stereocenters. The number of hydrogen-bond donors (Lipinski definition) is 0. The van der Waals surface area contributed by atoms with Crippen molar-refractivity contribution in [3.05, 3.63) is 16.3 Å². The fourth-order valence-electron chi connectivity index (χ4n) is 3.38. The van der Waals surface area contributed by atoms with E-state index in [2.05, 4.69) is 40.0 Å². The molecule has 0 N–H and O–H groups in total. The topological polar surface area (TPSA) is 9.72 Å². The maximum Gasteiger partial charge on any atom is 0.0700 e. The first-order valence-corrected chi connectivity index (χ1v) is 9.26. The van der Waals surface area contributed by atoms with Crippen molar-refractivity contribution < 1.29 is 0 Å². The van der Waals surface area contributed by atoms with Crippen molar-refractivity contribution in [3.8, 4) is 0 Å². The summed E-state index contributed by atoms with van der Waals surface area (Å²) in [6.07, 6.45) is 4.16. The van der Waals surface area contributed by atoms with Crippen molar-refractivity contribution in [1.29, 1.82) is 0 Å². The summed E-state index contributed by atoms with van der Waals surface area (Å²) in [7, 11) is 0. The summed E-state index contributed by atoms with van der Waals surface area (Å²) in [5, 5.41) is 3.53. The molecule has 0 aromatic carbocycles. The van der Waals surface area contributed by atoms with Gasteiger partial charge in [-0.15, -0.1) is 11.3 Å². The van der Waals surface area contributed by atoms with Gasteiger partial charge < -0.3 is 4.90 Å². The molecule has 1 radical (unpaired) electrons. The van der Waals surface area contributed by atoms with E-state index in [9.17, 15) is 0 Å². The first-order chi connectivity index (χ1) is 10.2. The molecule has 3 nitrogen and oxygen atoms in total. The number of nitrogens with zero attached hydrogens (tertiary/aromatic N) is 3. The van der Waals surface area contributed by atoms with E-state index in [1.807, 2.05) is 11.3 Å². The van der Waals surface area contributed by atoms with Crippen LogP contribution in [0.1, 0.15) is 38.0 Å². The van der Waals surface area contributed by atoms with E-state index in [-0.39, 0.29) is 0 Å². The van der Waals surface area contributed by atoms with Crippen LogP contribution >= 0.6 is 11.3 Å². The zero-order chi connectivity index (χ0) is 14.7. The lowest BCUT2D eigenvalue weighted by molar-refractivity contribution is 0.209. The second kappa shape index (κ2) is 7.12. The Kier molecular flexibility index (Phi) is 5.19. The average molecular weight is 306 g/mol. The van der Waals surface area contributed by atoms with Gasteiger partial charge in [0.05, 0.1) is 11.1 Å². The molecule has 2 fully saturated rings. The van der Waals surface area contributed by atoms with E-state index in [0.717, 1.165) is 19.6 Å². The number of rotatable bonds is 4. The molecule has 21 heavy (non-hydrogen) atoms. The molecule has 3 rings (SSSR count). The van der Waals surface area contributed by atoms with Gasteiger partial charge in [-0.3, -0.25) is 9.80 Å². The van der Waals surface area contributed by atoms with Crippen LogP contribution in [0.15, 0.2) is 6.07 Å². The van der Waals surface area contributed by atoms with Crippen LogP contribution in [0.2, 0.25) is 0 Å². The monoisotopic (exact) mass is 306 g/mol. The second-order valence-corrected chi connectivity index (χ2v) is 7.59. The van der Waals surface area contributed by atoms with Crippen molar-refractivity contribution in [3.63, 3.8) is 0 Å². The SMILES string of the molecule is CC(C)N1CCN(c2[c]sc(CN3CCCCC3)c2)CC1. The van der Waals surface area contributed by atoms with Gasteiger partial charge in [0.15, 0.2) is 0 Å². The summed E-state index contributed by atoms with van der Waals surface area (Å²) in [6.45, 7) is 12.9. The molecule has 0 bridgehead atoms. The van der Waals surface area contributed by atoms with E-state index >= 15 is 0 Å². The molecule has 2 saturated heterocycles. The Morgan fingerprint density at radius 1 is 1.05 bits per heavy atom. The fraction of sp³-hybridized carbons (Fsp3) is 0.765. The van der Waals surface area contributed by atoms with Crippen molar-refractivity contribution in [2.45, 2.75) is 45.7 Å². The van der Waals surface area contributed by atoms with Gasteiger partial charge in [-0.05, 0) is 45.8 Å². The smallest absolute Gasteiger partial charge is 0.0700 e. The summed E-state index contributed by atoms with van der Waals surface area (Å²) in [5.41, 5.74) is 1.33. The molecule has 0 saturated carbocycles. The molecule has 0 aliphatic carbocycles. The molecular weight excluding hydrogens is 278 g/mol. The van der Waals surface area contributed by atoms with Crippen molar-refractivity contribution in [1.82, 2.24) is 9.80 Å². The minimum Gasteiger partial charge on any atom is -0.368 e. The number of piperazine rings is 1. The summed E-state index contributed by atoms with van der Waals surface area (Å²) < 4.78 is 0. The van der Waals surface area contributed by atoms with Gasteiger partial charge in [0.25, 0.3) is 0 Å². The lowest BCUT2D eigenvalue weighted by Crippen LogP contribution is -2.48. The summed E-state index contributed by atoms with van der Waals surface area (Å²) in [5.74, 6) is 0. The van der Waals surface area contributed by atoms with Crippen LogP contribution in [0.4, 0.5) is 5.69 Å². The van der Waals surface area contributed by atoms with E-state index in [1.54, 1.807) is 0 Å². The number of piperidine rings is 1. The van der Waals surface area contributed by atoms with E-state index < -0.39 is 0 Å². The molecule has 0 amide bonds. The molecule has 0 unspecified atom stereocenters. The predicted octanol–water partition coefficient (Wildman–Crippen LogP) is 3.06. The molecule has 2 aliphatic rings. The quantitative estimate of drug-likeness (QED) is 0.846. The minimum atomic E-state index is 0.674. The maximum atomic E-state index is 3.53. The zero-order valence-electron chi connectivity index (χ0n) is 13.5. The van der Waals surface area contributed by atoms with Gasteiger partial charge in [0, 0.05) is 43.6 Å². The van der Waals surface area contributed by atoms with Crippen molar-refractivity contribution in [2.24, 2.45) is 0 Å². The largest absolute Gasteiger partial charge is 0.368 e. The van der Waals surface area contributed by atoms with Crippen LogP contribution in [0.5, 0.6) is 0 Å². The Morgan fingerprint density at radius 2 is 1.76 bits per heavy atom. The number of hydrogen-bond acceptors (Lipinski definition) is 4. The molecular formula is C17H28N3S. The Hall–Kier alpha value is -0.580.